The van der Waals surface area contributed by atoms with Crippen molar-refractivity contribution in [1.29, 1.82) is 0 Å². The molecule has 1 N–H and O–H groups in total. The van der Waals surface area contributed by atoms with Crippen molar-refractivity contribution in [3.05, 3.63) is 0 Å². The van der Waals surface area contributed by atoms with Gasteiger partial charge in [0.05, 0.1) is 5.41 Å². The molecule has 0 aromatic rings. The third-order valence-corrected chi connectivity index (χ3v) is 7.07. The summed E-state index contributed by atoms with van der Waals surface area (Å²) in [5, 5.41) is 9.16. The van der Waals surface area contributed by atoms with Crippen molar-refractivity contribution in [3.63, 3.8) is 0 Å². The van der Waals surface area contributed by atoms with Crippen molar-refractivity contribution in [2.75, 3.05) is 0 Å². The first-order valence-electron chi connectivity index (χ1n) is 11.8. The molecule has 2 fully saturated rings. The maximum Gasteiger partial charge on any atom is 0.309 e. The van der Waals surface area contributed by atoms with Gasteiger partial charge in [0.25, 0.3) is 0 Å². The molecule has 3 nitrogen and oxygen atoms in total. The Bertz CT molecular complexity index is 460. The molecule has 0 amide bonds. The SMILES string of the molecule is CCCCC(=O)C1(CCCCCCCCCCCCC2(C(=O)O)CC2)CC1. The predicted molar refractivity (Wildman–Crippen MR) is 111 cm³/mol. The maximum atomic E-state index is 12.3. The Labute approximate surface area is 166 Å². The van der Waals surface area contributed by atoms with Crippen LogP contribution in [0.15, 0.2) is 0 Å². The summed E-state index contributed by atoms with van der Waals surface area (Å²) >= 11 is 0. The van der Waals surface area contributed by atoms with E-state index in [1.165, 1.54) is 57.8 Å². The van der Waals surface area contributed by atoms with Crippen molar-refractivity contribution in [3.8, 4) is 0 Å². The molecule has 2 saturated carbocycles. The van der Waals surface area contributed by atoms with Gasteiger partial charge in [0.2, 0.25) is 0 Å². The summed E-state index contributed by atoms with van der Waals surface area (Å²) in [6.45, 7) is 2.16. The van der Waals surface area contributed by atoms with Gasteiger partial charge in [-0.3, -0.25) is 9.59 Å². The van der Waals surface area contributed by atoms with Crippen molar-refractivity contribution in [1.82, 2.24) is 0 Å². The Morgan fingerprint density at radius 1 is 0.667 bits per heavy atom. The summed E-state index contributed by atoms with van der Waals surface area (Å²) < 4.78 is 0. The highest BCUT2D eigenvalue weighted by atomic mass is 16.4. The highest BCUT2D eigenvalue weighted by molar-refractivity contribution is 5.87. The minimum absolute atomic E-state index is 0.120. The molecule has 0 aromatic heterocycles. The molecule has 0 atom stereocenters. The quantitative estimate of drug-likeness (QED) is 0.259. The van der Waals surface area contributed by atoms with E-state index < -0.39 is 5.97 Å². The van der Waals surface area contributed by atoms with Crippen LogP contribution in [0.1, 0.15) is 129 Å². The zero-order chi connectivity index (χ0) is 19.6. The number of Topliss-reactive ketones (excluding diaryl/α,β-unsaturated/α-hetero) is 1. The Morgan fingerprint density at radius 2 is 1.07 bits per heavy atom. The molecule has 2 aliphatic carbocycles. The molecule has 0 unspecified atom stereocenters. The summed E-state index contributed by atoms with van der Waals surface area (Å²) in [4.78, 5) is 23.4. The smallest absolute Gasteiger partial charge is 0.309 e. The van der Waals surface area contributed by atoms with E-state index in [4.69, 9.17) is 5.11 Å². The second-order valence-corrected chi connectivity index (χ2v) is 9.43. The molecule has 27 heavy (non-hydrogen) atoms. The normalized spacial score (nSPS) is 19.0. The van der Waals surface area contributed by atoms with Gasteiger partial charge >= 0.3 is 5.97 Å². The van der Waals surface area contributed by atoms with Gasteiger partial charge in [-0.1, -0.05) is 77.6 Å². The molecule has 3 heteroatoms. The van der Waals surface area contributed by atoms with Crippen LogP contribution in [0.4, 0.5) is 0 Å². The standard InChI is InChI=1S/C24H42O3/c1-2-3-14-21(25)23(17-18-23)15-12-10-8-6-4-5-7-9-11-13-16-24(19-20-24)22(26)27/h2-20H2,1H3,(H,26,27). The molecule has 2 aliphatic rings. The van der Waals surface area contributed by atoms with E-state index in [1.807, 2.05) is 0 Å². The minimum atomic E-state index is -0.569. The maximum absolute atomic E-state index is 12.3. The van der Waals surface area contributed by atoms with Crippen molar-refractivity contribution >= 4 is 11.8 Å². The molecule has 0 radical (unpaired) electrons. The summed E-state index contributed by atoms with van der Waals surface area (Å²) in [5.74, 6) is -0.0132. The summed E-state index contributed by atoms with van der Waals surface area (Å²) in [7, 11) is 0. The van der Waals surface area contributed by atoms with Crippen LogP contribution in [0.3, 0.4) is 0 Å². The molecule has 156 valence electrons. The second-order valence-electron chi connectivity index (χ2n) is 9.43. The number of carbonyl (C=O) groups is 2. The lowest BCUT2D eigenvalue weighted by molar-refractivity contribution is -0.143. The number of carbonyl (C=O) groups excluding carboxylic acids is 1. The van der Waals surface area contributed by atoms with Gasteiger partial charge in [0.15, 0.2) is 0 Å². The minimum Gasteiger partial charge on any atom is -0.481 e. The van der Waals surface area contributed by atoms with E-state index >= 15 is 0 Å². The van der Waals surface area contributed by atoms with Crippen molar-refractivity contribution < 1.29 is 14.7 Å². The fourth-order valence-corrected chi connectivity index (χ4v) is 4.48. The Morgan fingerprint density at radius 3 is 1.44 bits per heavy atom. The van der Waals surface area contributed by atoms with Gasteiger partial charge in [-0.2, -0.15) is 0 Å². The highest BCUT2D eigenvalue weighted by Gasteiger charge is 2.49. The number of hydrogen-bond donors (Lipinski definition) is 1. The average molecular weight is 379 g/mol. The first-order valence-corrected chi connectivity index (χ1v) is 11.8. The molecule has 0 aromatic carbocycles. The second kappa shape index (κ2) is 11.2. The summed E-state index contributed by atoms with van der Waals surface area (Å²) in [6.07, 6.45) is 21.9. The van der Waals surface area contributed by atoms with Crippen LogP contribution in [-0.2, 0) is 9.59 Å². The zero-order valence-electron chi connectivity index (χ0n) is 17.7. The molecule has 0 saturated heterocycles. The van der Waals surface area contributed by atoms with Crippen LogP contribution < -0.4 is 0 Å². The van der Waals surface area contributed by atoms with Crippen molar-refractivity contribution in [2.45, 2.75) is 129 Å². The fourth-order valence-electron chi connectivity index (χ4n) is 4.48. The Balaban J connectivity index is 1.34. The number of aliphatic carboxylic acids is 1. The number of ketones is 1. The monoisotopic (exact) mass is 378 g/mol. The number of hydrogen-bond acceptors (Lipinski definition) is 2. The van der Waals surface area contributed by atoms with E-state index in [-0.39, 0.29) is 10.8 Å². The first kappa shape index (κ1) is 22.4. The van der Waals surface area contributed by atoms with Gasteiger partial charge in [0, 0.05) is 11.8 Å². The van der Waals surface area contributed by atoms with Gasteiger partial charge in [0.1, 0.15) is 5.78 Å². The molecule has 0 spiro atoms. The Hall–Kier alpha value is -0.860. The van der Waals surface area contributed by atoms with E-state index in [1.54, 1.807) is 0 Å². The molecule has 0 heterocycles. The van der Waals surface area contributed by atoms with Gasteiger partial charge in [-0.15, -0.1) is 0 Å². The van der Waals surface area contributed by atoms with Gasteiger partial charge in [-0.05, 0) is 44.9 Å². The number of carboxylic acid groups (broad SMARTS) is 1. The predicted octanol–water partition coefficient (Wildman–Crippen LogP) is 7.07. The molecule has 0 bridgehead atoms. The third kappa shape index (κ3) is 7.58. The van der Waals surface area contributed by atoms with Crippen molar-refractivity contribution in [2.24, 2.45) is 10.8 Å². The van der Waals surface area contributed by atoms with E-state index in [2.05, 4.69) is 6.92 Å². The fraction of sp³-hybridized carbons (Fsp3) is 0.917. The molecular formula is C24H42O3. The van der Waals surface area contributed by atoms with Crippen LogP contribution in [-0.4, -0.2) is 16.9 Å². The van der Waals surface area contributed by atoms with Crippen LogP contribution in [0.2, 0.25) is 0 Å². The van der Waals surface area contributed by atoms with Gasteiger partial charge in [-0.25, -0.2) is 0 Å². The summed E-state index contributed by atoms with van der Waals surface area (Å²) in [6, 6.07) is 0. The molecule has 0 aliphatic heterocycles. The number of rotatable bonds is 18. The molecular weight excluding hydrogens is 336 g/mol. The summed E-state index contributed by atoms with van der Waals surface area (Å²) in [5.41, 5.74) is -0.200. The van der Waals surface area contributed by atoms with Crippen LogP contribution >= 0.6 is 0 Å². The largest absolute Gasteiger partial charge is 0.481 e. The Kier molecular flexibility index (Phi) is 9.32. The van der Waals surface area contributed by atoms with Gasteiger partial charge < -0.3 is 5.11 Å². The lowest BCUT2D eigenvalue weighted by Crippen LogP contribution is -2.15. The number of unbranched alkanes of at least 4 members (excludes halogenated alkanes) is 10. The topological polar surface area (TPSA) is 54.4 Å². The van der Waals surface area contributed by atoms with E-state index in [0.29, 0.717) is 5.78 Å². The highest BCUT2D eigenvalue weighted by Crippen LogP contribution is 2.52. The third-order valence-electron chi connectivity index (χ3n) is 7.07. The zero-order valence-corrected chi connectivity index (χ0v) is 17.7. The lowest BCUT2D eigenvalue weighted by Gasteiger charge is -2.13. The van der Waals surface area contributed by atoms with E-state index in [9.17, 15) is 9.59 Å². The lowest BCUT2D eigenvalue weighted by atomic mass is 9.90. The van der Waals surface area contributed by atoms with Crippen LogP contribution in [0, 0.1) is 10.8 Å². The molecule has 2 rings (SSSR count). The van der Waals surface area contributed by atoms with Crippen LogP contribution in [0.5, 0.6) is 0 Å². The average Bonchev–Trinajstić information content (AvgIpc) is 3.56. The first-order chi connectivity index (χ1) is 13.0. The number of carboxylic acids is 1. The van der Waals surface area contributed by atoms with Crippen LogP contribution in [0.25, 0.3) is 0 Å². The van der Waals surface area contributed by atoms with E-state index in [0.717, 1.165) is 64.2 Å².